The molecule has 2 aromatic carbocycles. The third-order valence-corrected chi connectivity index (χ3v) is 2.85. The lowest BCUT2D eigenvalue weighted by Gasteiger charge is -1.91. The third kappa shape index (κ3) is 4.29. The van der Waals surface area contributed by atoms with Crippen molar-refractivity contribution in [2.75, 3.05) is 0 Å². The van der Waals surface area contributed by atoms with Gasteiger partial charge in [0.15, 0.2) is 0 Å². The molecule has 0 radical (unpaired) electrons. The Kier molecular flexibility index (Phi) is 4.61. The van der Waals surface area contributed by atoms with Gasteiger partial charge in [-0.05, 0) is 23.8 Å². The first kappa shape index (κ1) is 11.7. The average Bonchev–Trinajstić information content (AvgIpc) is 2.41. The van der Waals surface area contributed by atoms with E-state index in [4.69, 9.17) is 0 Å². The minimum absolute atomic E-state index is 1.15. The lowest BCUT2D eigenvalue weighted by molar-refractivity contribution is 1.46. The van der Waals surface area contributed by atoms with Crippen LogP contribution in [0.15, 0.2) is 76.0 Å². The van der Waals surface area contributed by atoms with E-state index in [2.05, 4.69) is 16.5 Å². The Morgan fingerprint density at radius 2 is 1.47 bits per heavy atom. The summed E-state index contributed by atoms with van der Waals surface area (Å²) in [7, 11) is 0. The Morgan fingerprint density at radius 3 is 2.18 bits per heavy atom. The zero-order chi connectivity index (χ0) is 11.8. The Bertz CT molecular complexity index is 489. The van der Waals surface area contributed by atoms with Crippen LogP contribution in [0, 0.1) is 0 Å². The number of allylic oxidation sites excluding steroid dienone is 1. The number of rotatable bonds is 4. The summed E-state index contributed by atoms with van der Waals surface area (Å²) in [5.41, 5.74) is 1.18. The van der Waals surface area contributed by atoms with Gasteiger partial charge in [0.1, 0.15) is 0 Å². The molecule has 0 aliphatic carbocycles. The molecule has 0 spiro atoms. The van der Waals surface area contributed by atoms with Crippen LogP contribution in [0.4, 0.5) is 0 Å². The van der Waals surface area contributed by atoms with Gasteiger partial charge in [-0.2, -0.15) is 0 Å². The molecule has 84 valence electrons. The molecule has 1 nitrogen and oxygen atoms in total. The summed E-state index contributed by atoms with van der Waals surface area (Å²) >= 11 is 1.47. The fraction of sp³-hybridized carbons (Fsp3) is 0. The SMILES string of the molecule is C(=C\c1ccccc1)/C=N/Sc1ccccc1. The molecule has 0 amide bonds. The summed E-state index contributed by atoms with van der Waals surface area (Å²) < 4.78 is 4.26. The standard InChI is InChI=1S/C15H13NS/c1-3-8-14(9-4-1)10-7-13-16-17-15-11-5-2-6-12-15/h1-13H/b10-7+,16-13+. The van der Waals surface area contributed by atoms with E-state index in [1.807, 2.05) is 66.9 Å². The second kappa shape index (κ2) is 6.71. The van der Waals surface area contributed by atoms with Gasteiger partial charge < -0.3 is 0 Å². The van der Waals surface area contributed by atoms with Crippen LogP contribution in [0.5, 0.6) is 0 Å². The Morgan fingerprint density at radius 1 is 0.824 bits per heavy atom. The van der Waals surface area contributed by atoms with E-state index in [1.165, 1.54) is 17.5 Å². The highest BCUT2D eigenvalue weighted by molar-refractivity contribution is 7.98. The van der Waals surface area contributed by atoms with E-state index in [9.17, 15) is 0 Å². The number of hydrogen-bond donors (Lipinski definition) is 0. The van der Waals surface area contributed by atoms with Crippen LogP contribution in [0.3, 0.4) is 0 Å². The molecule has 2 heteroatoms. The normalized spacial score (nSPS) is 11.3. The summed E-state index contributed by atoms with van der Waals surface area (Å²) in [6.07, 6.45) is 5.80. The smallest absolute Gasteiger partial charge is 0.0355 e. The topological polar surface area (TPSA) is 12.4 Å². The van der Waals surface area contributed by atoms with Crippen molar-refractivity contribution < 1.29 is 0 Å². The van der Waals surface area contributed by atoms with Crippen molar-refractivity contribution >= 4 is 24.2 Å². The maximum absolute atomic E-state index is 4.26. The Labute approximate surface area is 106 Å². The van der Waals surface area contributed by atoms with E-state index in [-0.39, 0.29) is 0 Å². The van der Waals surface area contributed by atoms with Gasteiger partial charge in [-0.25, -0.2) is 4.40 Å². The van der Waals surface area contributed by atoms with Gasteiger partial charge in [-0.15, -0.1) is 0 Å². The molecule has 0 saturated heterocycles. The van der Waals surface area contributed by atoms with Crippen LogP contribution in [-0.4, -0.2) is 6.21 Å². The van der Waals surface area contributed by atoms with Crippen molar-refractivity contribution in [3.63, 3.8) is 0 Å². The predicted octanol–water partition coefficient (Wildman–Crippen LogP) is 4.48. The van der Waals surface area contributed by atoms with Crippen LogP contribution in [-0.2, 0) is 0 Å². The molecule has 0 heterocycles. The van der Waals surface area contributed by atoms with Crippen molar-refractivity contribution in [2.45, 2.75) is 4.90 Å². The van der Waals surface area contributed by atoms with Crippen LogP contribution in [0.1, 0.15) is 5.56 Å². The van der Waals surface area contributed by atoms with Crippen LogP contribution in [0.2, 0.25) is 0 Å². The quantitative estimate of drug-likeness (QED) is 0.566. The highest BCUT2D eigenvalue weighted by Crippen LogP contribution is 2.17. The monoisotopic (exact) mass is 239 g/mol. The maximum atomic E-state index is 4.26. The van der Waals surface area contributed by atoms with Crippen molar-refractivity contribution in [3.05, 3.63) is 72.3 Å². The molecule has 0 aromatic heterocycles. The Hall–Kier alpha value is -1.80. The van der Waals surface area contributed by atoms with Gasteiger partial charge >= 0.3 is 0 Å². The largest absolute Gasteiger partial charge is 0.219 e. The van der Waals surface area contributed by atoms with Gasteiger partial charge in [0.2, 0.25) is 0 Å². The molecule has 2 aromatic rings. The minimum Gasteiger partial charge on any atom is -0.219 e. The maximum Gasteiger partial charge on any atom is 0.0355 e. The number of benzene rings is 2. The van der Waals surface area contributed by atoms with E-state index in [0.29, 0.717) is 0 Å². The van der Waals surface area contributed by atoms with Gasteiger partial charge in [-0.3, -0.25) is 0 Å². The fourth-order valence-electron chi connectivity index (χ4n) is 1.33. The molecule has 0 aliphatic heterocycles. The molecule has 0 unspecified atom stereocenters. The van der Waals surface area contributed by atoms with Crippen molar-refractivity contribution in [2.24, 2.45) is 4.40 Å². The lowest BCUT2D eigenvalue weighted by Crippen LogP contribution is -1.69. The minimum atomic E-state index is 1.15. The Balaban J connectivity index is 1.85. The van der Waals surface area contributed by atoms with Gasteiger partial charge in [0, 0.05) is 23.1 Å². The fourth-order valence-corrected chi connectivity index (χ4v) is 1.86. The van der Waals surface area contributed by atoms with Crippen molar-refractivity contribution in [1.29, 1.82) is 0 Å². The van der Waals surface area contributed by atoms with Crippen molar-refractivity contribution in [3.8, 4) is 0 Å². The summed E-state index contributed by atoms with van der Waals surface area (Å²) in [5.74, 6) is 0. The van der Waals surface area contributed by atoms with Crippen LogP contribution < -0.4 is 0 Å². The summed E-state index contributed by atoms with van der Waals surface area (Å²) in [4.78, 5) is 1.15. The molecular weight excluding hydrogens is 226 g/mol. The second-order valence-corrected chi connectivity index (χ2v) is 4.29. The average molecular weight is 239 g/mol. The summed E-state index contributed by atoms with van der Waals surface area (Å²) in [6, 6.07) is 20.3. The predicted molar refractivity (Wildman–Crippen MR) is 76.3 cm³/mol. The zero-order valence-corrected chi connectivity index (χ0v) is 10.2. The lowest BCUT2D eigenvalue weighted by atomic mass is 10.2. The van der Waals surface area contributed by atoms with Gasteiger partial charge in [-0.1, -0.05) is 54.6 Å². The van der Waals surface area contributed by atoms with E-state index >= 15 is 0 Å². The van der Waals surface area contributed by atoms with E-state index < -0.39 is 0 Å². The van der Waals surface area contributed by atoms with E-state index in [0.717, 1.165) is 4.90 Å². The molecule has 0 saturated carbocycles. The molecular formula is C15H13NS. The number of nitrogens with zero attached hydrogens (tertiary/aromatic N) is 1. The van der Waals surface area contributed by atoms with Crippen molar-refractivity contribution in [1.82, 2.24) is 0 Å². The third-order valence-electron chi connectivity index (χ3n) is 2.14. The highest BCUT2D eigenvalue weighted by atomic mass is 32.2. The zero-order valence-electron chi connectivity index (χ0n) is 9.36. The molecule has 0 fully saturated rings. The number of hydrogen-bond acceptors (Lipinski definition) is 2. The second-order valence-electron chi connectivity index (χ2n) is 3.43. The first-order valence-corrected chi connectivity index (χ1v) is 6.20. The molecule has 17 heavy (non-hydrogen) atoms. The molecule has 0 bridgehead atoms. The highest BCUT2D eigenvalue weighted by Gasteiger charge is 1.86. The molecule has 0 N–H and O–H groups in total. The molecule has 0 atom stereocenters. The van der Waals surface area contributed by atoms with E-state index in [1.54, 1.807) is 0 Å². The summed E-state index contributed by atoms with van der Waals surface area (Å²) in [6.45, 7) is 0. The van der Waals surface area contributed by atoms with Crippen LogP contribution >= 0.6 is 11.9 Å². The van der Waals surface area contributed by atoms with Gasteiger partial charge in [0.05, 0.1) is 0 Å². The van der Waals surface area contributed by atoms with Gasteiger partial charge in [0.25, 0.3) is 0 Å². The van der Waals surface area contributed by atoms with Crippen LogP contribution in [0.25, 0.3) is 6.08 Å². The molecule has 0 aliphatic rings. The first-order valence-electron chi connectivity index (χ1n) is 5.42. The first-order chi connectivity index (χ1) is 8.45. The summed E-state index contributed by atoms with van der Waals surface area (Å²) in [5, 5.41) is 0. The molecule has 2 rings (SSSR count).